The molecule has 0 radical (unpaired) electrons. The zero-order valence-corrected chi connectivity index (χ0v) is 20.8. The molecular formula is C27H31N9O. The van der Waals surface area contributed by atoms with E-state index in [2.05, 4.69) is 47.1 Å². The largest absolute Gasteiger partial charge is 0.395 e. The average Bonchev–Trinajstić information content (AvgIpc) is 3.49. The van der Waals surface area contributed by atoms with Crippen molar-refractivity contribution in [2.24, 2.45) is 0 Å². The fourth-order valence-corrected chi connectivity index (χ4v) is 4.96. The van der Waals surface area contributed by atoms with Crippen LogP contribution in [0.5, 0.6) is 0 Å². The molecule has 10 nitrogen and oxygen atoms in total. The third kappa shape index (κ3) is 5.30. The maximum atomic E-state index is 9.13. The molecule has 1 aromatic carbocycles. The summed E-state index contributed by atoms with van der Waals surface area (Å²) >= 11 is 0. The molecule has 2 aliphatic heterocycles. The molecule has 0 saturated carbocycles. The Morgan fingerprint density at radius 1 is 0.811 bits per heavy atom. The van der Waals surface area contributed by atoms with Gasteiger partial charge in [0.15, 0.2) is 0 Å². The topological polar surface area (TPSA) is 106 Å². The smallest absolute Gasteiger partial charge is 0.228 e. The van der Waals surface area contributed by atoms with Crippen LogP contribution in [0, 0.1) is 0 Å². The number of nitrogens with zero attached hydrogens (tertiary/aromatic N) is 8. The number of fused-ring (bicyclic) bond motifs is 1. The van der Waals surface area contributed by atoms with Gasteiger partial charge in [0, 0.05) is 69.2 Å². The number of aliphatic hydroxyl groups is 1. The number of anilines is 4. The minimum Gasteiger partial charge on any atom is -0.395 e. The Hall–Kier alpha value is -3.89. The lowest BCUT2D eigenvalue weighted by Gasteiger charge is -2.35. The first-order valence-corrected chi connectivity index (χ1v) is 12.9. The van der Waals surface area contributed by atoms with E-state index in [0.717, 1.165) is 79.6 Å². The van der Waals surface area contributed by atoms with Crippen LogP contribution >= 0.6 is 0 Å². The lowest BCUT2D eigenvalue weighted by molar-refractivity contribution is 0.189. The van der Waals surface area contributed by atoms with Crippen LogP contribution in [0.3, 0.4) is 0 Å². The van der Waals surface area contributed by atoms with Gasteiger partial charge in [0.25, 0.3) is 0 Å². The van der Waals surface area contributed by atoms with Crippen molar-refractivity contribution in [3.63, 3.8) is 0 Å². The van der Waals surface area contributed by atoms with E-state index in [4.69, 9.17) is 15.1 Å². The standard InChI is InChI=1S/C27H31N9O/c37-16-15-34-11-13-35(14-12-34)22-4-6-25(29-19-22)33-26-28-8-7-24(31-26)20-3-5-23-21(17-20)18-30-27(32-23)36-9-1-2-10-36/h3-8,17-19,37H,1-2,9-16H2,(H,28,29,31,33). The predicted octanol–water partition coefficient (Wildman–Crippen LogP) is 2.94. The van der Waals surface area contributed by atoms with Gasteiger partial charge in [-0.15, -0.1) is 0 Å². The number of pyridine rings is 1. The summed E-state index contributed by atoms with van der Waals surface area (Å²) in [5, 5.41) is 13.3. The van der Waals surface area contributed by atoms with E-state index in [1.807, 2.05) is 36.7 Å². The Labute approximate surface area is 216 Å². The summed E-state index contributed by atoms with van der Waals surface area (Å²) in [6.07, 6.45) is 7.94. The Morgan fingerprint density at radius 2 is 1.68 bits per heavy atom. The number of piperazine rings is 1. The summed E-state index contributed by atoms with van der Waals surface area (Å²) in [5.41, 5.74) is 3.84. The van der Waals surface area contributed by atoms with E-state index in [9.17, 15) is 0 Å². The number of β-amino-alcohol motifs (C(OH)–C–C–N with tert-alkyl or cyclic N) is 1. The van der Waals surface area contributed by atoms with Crippen molar-refractivity contribution < 1.29 is 5.11 Å². The molecule has 3 aromatic heterocycles. The van der Waals surface area contributed by atoms with E-state index in [1.54, 1.807) is 6.20 Å². The fraction of sp³-hybridized carbons (Fsp3) is 0.370. The molecule has 37 heavy (non-hydrogen) atoms. The molecule has 190 valence electrons. The van der Waals surface area contributed by atoms with E-state index in [-0.39, 0.29) is 6.61 Å². The Balaban J connectivity index is 1.14. The van der Waals surface area contributed by atoms with Gasteiger partial charge in [-0.1, -0.05) is 6.07 Å². The molecule has 2 saturated heterocycles. The Kier molecular flexibility index (Phi) is 6.74. The van der Waals surface area contributed by atoms with Crippen LogP contribution in [0.25, 0.3) is 22.2 Å². The number of aliphatic hydroxyl groups excluding tert-OH is 1. The molecule has 0 aliphatic carbocycles. The van der Waals surface area contributed by atoms with E-state index >= 15 is 0 Å². The van der Waals surface area contributed by atoms with Crippen LogP contribution < -0.4 is 15.1 Å². The van der Waals surface area contributed by atoms with E-state index in [1.165, 1.54) is 12.8 Å². The highest BCUT2D eigenvalue weighted by molar-refractivity contribution is 5.84. The molecule has 10 heteroatoms. The number of aromatic nitrogens is 5. The monoisotopic (exact) mass is 497 g/mol. The minimum absolute atomic E-state index is 0.209. The summed E-state index contributed by atoms with van der Waals surface area (Å²) < 4.78 is 0. The first kappa shape index (κ1) is 23.5. The molecule has 0 atom stereocenters. The van der Waals surface area contributed by atoms with Crippen LogP contribution in [0.1, 0.15) is 12.8 Å². The molecule has 2 N–H and O–H groups in total. The minimum atomic E-state index is 0.209. The lowest BCUT2D eigenvalue weighted by atomic mass is 10.1. The predicted molar refractivity (Wildman–Crippen MR) is 145 cm³/mol. The van der Waals surface area contributed by atoms with Crippen molar-refractivity contribution >= 4 is 34.3 Å². The quantitative estimate of drug-likeness (QED) is 0.396. The van der Waals surface area contributed by atoms with Crippen LogP contribution in [-0.2, 0) is 0 Å². The average molecular weight is 498 g/mol. The summed E-state index contributed by atoms with van der Waals surface area (Å²) in [6.45, 7) is 6.75. The van der Waals surface area contributed by atoms with Gasteiger partial charge in [-0.25, -0.2) is 24.9 Å². The Bertz CT molecular complexity index is 1350. The van der Waals surface area contributed by atoms with Crippen molar-refractivity contribution in [2.45, 2.75) is 12.8 Å². The molecule has 5 heterocycles. The zero-order valence-electron chi connectivity index (χ0n) is 20.8. The second-order valence-electron chi connectivity index (χ2n) is 9.48. The van der Waals surface area contributed by atoms with Crippen molar-refractivity contribution in [1.29, 1.82) is 0 Å². The molecule has 2 fully saturated rings. The first-order valence-electron chi connectivity index (χ1n) is 12.9. The fourth-order valence-electron chi connectivity index (χ4n) is 4.96. The van der Waals surface area contributed by atoms with Crippen molar-refractivity contribution in [2.75, 3.05) is 67.5 Å². The Morgan fingerprint density at radius 3 is 2.46 bits per heavy atom. The molecule has 2 aliphatic rings. The van der Waals surface area contributed by atoms with Gasteiger partial charge in [-0.3, -0.25) is 4.90 Å². The second-order valence-corrected chi connectivity index (χ2v) is 9.48. The molecule has 4 aromatic rings. The number of benzene rings is 1. The first-order chi connectivity index (χ1) is 18.2. The maximum absolute atomic E-state index is 9.13. The van der Waals surface area contributed by atoms with Gasteiger partial charge < -0.3 is 20.2 Å². The van der Waals surface area contributed by atoms with Crippen LogP contribution in [-0.4, -0.2) is 87.3 Å². The summed E-state index contributed by atoms with van der Waals surface area (Å²) in [4.78, 5) is 29.9. The van der Waals surface area contributed by atoms with Gasteiger partial charge in [0.1, 0.15) is 5.82 Å². The van der Waals surface area contributed by atoms with Crippen molar-refractivity contribution in [3.05, 3.63) is 55.0 Å². The normalized spacial score (nSPS) is 16.5. The van der Waals surface area contributed by atoms with Gasteiger partial charge in [-0.2, -0.15) is 0 Å². The molecule has 0 unspecified atom stereocenters. The third-order valence-corrected chi connectivity index (χ3v) is 7.05. The zero-order chi connectivity index (χ0) is 25.0. The van der Waals surface area contributed by atoms with Gasteiger partial charge in [0.2, 0.25) is 11.9 Å². The van der Waals surface area contributed by atoms with E-state index < -0.39 is 0 Å². The molecule has 0 spiro atoms. The lowest BCUT2D eigenvalue weighted by Crippen LogP contribution is -2.47. The highest BCUT2D eigenvalue weighted by Crippen LogP contribution is 2.25. The van der Waals surface area contributed by atoms with Crippen molar-refractivity contribution in [3.8, 4) is 11.3 Å². The van der Waals surface area contributed by atoms with Gasteiger partial charge in [0.05, 0.1) is 29.7 Å². The highest BCUT2D eigenvalue weighted by Gasteiger charge is 2.17. The van der Waals surface area contributed by atoms with Crippen LogP contribution in [0.15, 0.2) is 55.0 Å². The maximum Gasteiger partial charge on any atom is 0.228 e. The van der Waals surface area contributed by atoms with Crippen LogP contribution in [0.4, 0.5) is 23.4 Å². The summed E-state index contributed by atoms with van der Waals surface area (Å²) in [5.74, 6) is 2.01. The summed E-state index contributed by atoms with van der Waals surface area (Å²) in [6, 6.07) is 12.1. The van der Waals surface area contributed by atoms with Crippen LogP contribution in [0.2, 0.25) is 0 Å². The highest BCUT2D eigenvalue weighted by atomic mass is 16.3. The SMILES string of the molecule is OCCN1CCN(c2ccc(Nc3nccc(-c4ccc5nc(N6CCCC6)ncc5c4)n3)nc2)CC1. The molecule has 6 rings (SSSR count). The third-order valence-electron chi connectivity index (χ3n) is 7.05. The van der Waals surface area contributed by atoms with Gasteiger partial charge in [-0.05, 0) is 43.2 Å². The van der Waals surface area contributed by atoms with Gasteiger partial charge >= 0.3 is 0 Å². The molecule has 0 bridgehead atoms. The number of nitrogens with one attached hydrogen (secondary N) is 1. The summed E-state index contributed by atoms with van der Waals surface area (Å²) in [7, 11) is 0. The molecule has 0 amide bonds. The number of rotatable bonds is 7. The van der Waals surface area contributed by atoms with E-state index in [0.29, 0.717) is 11.8 Å². The second kappa shape index (κ2) is 10.6. The number of hydrogen-bond donors (Lipinski definition) is 2. The number of hydrogen-bond acceptors (Lipinski definition) is 10. The molecular weight excluding hydrogens is 466 g/mol. The van der Waals surface area contributed by atoms with Crippen molar-refractivity contribution in [1.82, 2.24) is 29.8 Å².